The first-order valence-electron chi connectivity index (χ1n) is 3.72. The van der Waals surface area contributed by atoms with Gasteiger partial charge in [-0.3, -0.25) is 0 Å². The van der Waals surface area contributed by atoms with Crippen molar-refractivity contribution in [1.29, 1.82) is 0 Å². The topological polar surface area (TPSA) is 51.6 Å². The Balaban J connectivity index is 2.52. The van der Waals surface area contributed by atoms with Gasteiger partial charge in [-0.2, -0.15) is 0 Å². The van der Waals surface area contributed by atoms with E-state index >= 15 is 0 Å². The van der Waals surface area contributed by atoms with Crippen LogP contribution in [0.3, 0.4) is 0 Å². The monoisotopic (exact) mass is 254 g/mol. The smallest absolute Gasteiger partial charge is 0.203 e. The van der Waals surface area contributed by atoms with E-state index in [9.17, 15) is 4.39 Å². The minimum Gasteiger partial charge on any atom is -0.207 e. The summed E-state index contributed by atoms with van der Waals surface area (Å²) < 4.78 is 13.6. The summed E-state index contributed by atoms with van der Waals surface area (Å²) in [6.45, 7) is 0. The summed E-state index contributed by atoms with van der Waals surface area (Å²) in [6.07, 6.45) is 1.22. The lowest BCUT2D eigenvalue weighted by Gasteiger charge is -1.98. The van der Waals surface area contributed by atoms with Crippen molar-refractivity contribution >= 4 is 15.9 Å². The fourth-order valence-electron chi connectivity index (χ4n) is 1.00. The van der Waals surface area contributed by atoms with Crippen LogP contribution in [0.5, 0.6) is 0 Å². The quantitative estimate of drug-likeness (QED) is 0.780. The van der Waals surface area contributed by atoms with Crippen molar-refractivity contribution in [3.63, 3.8) is 0 Å². The molecule has 0 saturated carbocycles. The highest BCUT2D eigenvalue weighted by molar-refractivity contribution is 9.10. The molecule has 0 unspecified atom stereocenters. The number of benzene rings is 1. The number of halogens is 2. The Hall–Kier alpha value is -1.43. The highest BCUT2D eigenvalue weighted by Crippen LogP contribution is 2.20. The molecule has 0 fully saturated rings. The molecular weight excluding hydrogens is 251 g/mol. The van der Waals surface area contributed by atoms with Crippen LogP contribution in [0.25, 0.3) is 11.4 Å². The summed E-state index contributed by atoms with van der Waals surface area (Å²) in [7, 11) is 0. The zero-order chi connectivity index (χ0) is 9.97. The van der Waals surface area contributed by atoms with Crippen molar-refractivity contribution in [1.82, 2.24) is 20.4 Å². The Morgan fingerprint density at radius 2 is 1.79 bits per heavy atom. The first-order valence-corrected chi connectivity index (χ1v) is 4.52. The van der Waals surface area contributed by atoms with Crippen molar-refractivity contribution in [3.8, 4) is 11.4 Å². The van der Waals surface area contributed by atoms with Gasteiger partial charge in [0.1, 0.15) is 5.82 Å². The zero-order valence-electron chi connectivity index (χ0n) is 6.85. The van der Waals surface area contributed by atoms with E-state index in [-0.39, 0.29) is 5.82 Å². The standard InChI is InChI=1S/C8H4BrFN4/c9-6-1-5(2-7(10)3-6)8-13-11-4-12-14-8/h1-4H. The molecule has 2 aromatic rings. The lowest BCUT2D eigenvalue weighted by molar-refractivity contribution is 0.627. The predicted octanol–water partition coefficient (Wildman–Crippen LogP) is 1.84. The normalized spacial score (nSPS) is 10.1. The van der Waals surface area contributed by atoms with Crippen LogP contribution in [0.2, 0.25) is 0 Å². The van der Waals surface area contributed by atoms with Crippen LogP contribution in [0.1, 0.15) is 0 Å². The third-order valence-electron chi connectivity index (χ3n) is 1.53. The molecule has 1 aromatic heterocycles. The van der Waals surface area contributed by atoms with E-state index in [4.69, 9.17) is 0 Å². The predicted molar refractivity (Wildman–Crippen MR) is 50.7 cm³/mol. The van der Waals surface area contributed by atoms with Gasteiger partial charge in [0.25, 0.3) is 0 Å². The molecule has 0 atom stereocenters. The molecule has 0 aliphatic rings. The summed E-state index contributed by atoms with van der Waals surface area (Å²) in [5, 5.41) is 14.6. The molecule has 0 aliphatic heterocycles. The Kier molecular flexibility index (Phi) is 2.45. The average Bonchev–Trinajstić information content (AvgIpc) is 2.18. The third kappa shape index (κ3) is 1.90. The molecule has 70 valence electrons. The Bertz CT molecular complexity index is 428. The van der Waals surface area contributed by atoms with Crippen molar-refractivity contribution in [3.05, 3.63) is 34.8 Å². The Morgan fingerprint density at radius 1 is 1.07 bits per heavy atom. The van der Waals surface area contributed by atoms with Gasteiger partial charge < -0.3 is 0 Å². The SMILES string of the molecule is Fc1cc(Br)cc(-c2nncnn2)c1. The van der Waals surface area contributed by atoms with Gasteiger partial charge in [-0.15, -0.1) is 20.4 Å². The number of rotatable bonds is 1. The molecule has 0 N–H and O–H groups in total. The van der Waals surface area contributed by atoms with Gasteiger partial charge in [0, 0.05) is 10.0 Å². The zero-order valence-corrected chi connectivity index (χ0v) is 8.44. The largest absolute Gasteiger partial charge is 0.207 e. The summed E-state index contributed by atoms with van der Waals surface area (Å²) >= 11 is 3.17. The molecule has 1 aromatic carbocycles. The molecule has 0 spiro atoms. The average molecular weight is 255 g/mol. The summed E-state index contributed by atoms with van der Waals surface area (Å²) in [4.78, 5) is 0. The minimum atomic E-state index is -0.359. The second kappa shape index (κ2) is 3.75. The maximum Gasteiger partial charge on any atom is 0.203 e. The molecule has 0 amide bonds. The number of nitrogens with zero attached hydrogens (tertiary/aromatic N) is 4. The van der Waals surface area contributed by atoms with Gasteiger partial charge in [0.15, 0.2) is 6.33 Å². The number of hydrogen-bond donors (Lipinski definition) is 0. The van der Waals surface area contributed by atoms with E-state index in [1.807, 2.05) is 0 Å². The molecular formula is C8H4BrFN4. The van der Waals surface area contributed by atoms with Crippen LogP contribution in [-0.2, 0) is 0 Å². The second-order valence-corrected chi connectivity index (χ2v) is 3.44. The van der Waals surface area contributed by atoms with E-state index in [2.05, 4.69) is 36.3 Å². The van der Waals surface area contributed by atoms with Gasteiger partial charge in [-0.1, -0.05) is 15.9 Å². The van der Waals surface area contributed by atoms with Crippen molar-refractivity contribution in [2.45, 2.75) is 0 Å². The highest BCUT2D eigenvalue weighted by atomic mass is 79.9. The molecule has 1 heterocycles. The first-order chi connectivity index (χ1) is 6.75. The lowest BCUT2D eigenvalue weighted by atomic mass is 10.2. The molecule has 2 rings (SSSR count). The number of hydrogen-bond acceptors (Lipinski definition) is 4. The third-order valence-corrected chi connectivity index (χ3v) is 1.99. The van der Waals surface area contributed by atoms with Gasteiger partial charge in [-0.05, 0) is 18.2 Å². The number of aromatic nitrogens is 4. The van der Waals surface area contributed by atoms with Crippen molar-refractivity contribution < 1.29 is 4.39 Å². The summed E-state index contributed by atoms with van der Waals surface area (Å²) in [6, 6.07) is 4.37. The maximum absolute atomic E-state index is 13.0. The minimum absolute atomic E-state index is 0.299. The molecule has 4 nitrogen and oxygen atoms in total. The van der Waals surface area contributed by atoms with Gasteiger partial charge in [-0.25, -0.2) is 4.39 Å². The molecule has 0 aliphatic carbocycles. The van der Waals surface area contributed by atoms with E-state index in [0.717, 1.165) is 0 Å². The maximum atomic E-state index is 13.0. The Labute approximate surface area is 87.3 Å². The Morgan fingerprint density at radius 3 is 2.43 bits per heavy atom. The summed E-state index contributed by atoms with van der Waals surface area (Å²) in [5.74, 6) is -0.0606. The van der Waals surface area contributed by atoms with Crippen LogP contribution in [0, 0.1) is 5.82 Å². The van der Waals surface area contributed by atoms with E-state index in [1.54, 1.807) is 6.07 Å². The van der Waals surface area contributed by atoms with Gasteiger partial charge in [0.2, 0.25) is 5.82 Å². The van der Waals surface area contributed by atoms with Crippen molar-refractivity contribution in [2.24, 2.45) is 0 Å². The van der Waals surface area contributed by atoms with Crippen LogP contribution in [0.4, 0.5) is 4.39 Å². The molecule has 0 bridgehead atoms. The molecule has 0 saturated heterocycles. The fraction of sp³-hybridized carbons (Fsp3) is 0. The molecule has 6 heteroatoms. The lowest BCUT2D eigenvalue weighted by Crippen LogP contribution is -1.94. The van der Waals surface area contributed by atoms with Gasteiger partial charge >= 0.3 is 0 Å². The first kappa shape index (κ1) is 9.14. The molecule has 0 radical (unpaired) electrons. The van der Waals surface area contributed by atoms with Gasteiger partial charge in [0.05, 0.1) is 0 Å². The van der Waals surface area contributed by atoms with Crippen LogP contribution in [0.15, 0.2) is 29.0 Å². The summed E-state index contributed by atoms with van der Waals surface area (Å²) in [5.41, 5.74) is 0.539. The van der Waals surface area contributed by atoms with E-state index < -0.39 is 0 Å². The fourth-order valence-corrected chi connectivity index (χ4v) is 1.47. The molecule has 14 heavy (non-hydrogen) atoms. The highest BCUT2D eigenvalue weighted by Gasteiger charge is 2.04. The van der Waals surface area contributed by atoms with Crippen LogP contribution < -0.4 is 0 Å². The van der Waals surface area contributed by atoms with Crippen LogP contribution in [-0.4, -0.2) is 20.4 Å². The van der Waals surface area contributed by atoms with E-state index in [0.29, 0.717) is 15.9 Å². The van der Waals surface area contributed by atoms with Crippen molar-refractivity contribution in [2.75, 3.05) is 0 Å². The van der Waals surface area contributed by atoms with Crippen LogP contribution >= 0.6 is 15.9 Å². The second-order valence-electron chi connectivity index (χ2n) is 2.53. The van der Waals surface area contributed by atoms with E-state index in [1.165, 1.54) is 18.5 Å².